The summed E-state index contributed by atoms with van der Waals surface area (Å²) in [5.41, 5.74) is 6.23. The summed E-state index contributed by atoms with van der Waals surface area (Å²) in [5.74, 6) is 0.332. The van der Waals surface area contributed by atoms with Crippen molar-refractivity contribution >= 4 is 15.9 Å². The van der Waals surface area contributed by atoms with Crippen LogP contribution in [0, 0.1) is 6.92 Å². The number of hydrogen-bond acceptors (Lipinski definition) is 4. The van der Waals surface area contributed by atoms with Gasteiger partial charge >= 0.3 is 0 Å². The third kappa shape index (κ3) is 4.29. The fourth-order valence-electron chi connectivity index (χ4n) is 2.77. The Bertz CT molecular complexity index is 880. The minimum absolute atomic E-state index is 0.332. The van der Waals surface area contributed by atoms with Gasteiger partial charge in [0.25, 0.3) is 0 Å². The fourth-order valence-corrected chi connectivity index (χ4v) is 3.76. The quantitative estimate of drug-likeness (QED) is 0.775. The van der Waals surface area contributed by atoms with Crippen molar-refractivity contribution in [2.45, 2.75) is 51.0 Å². The molecule has 0 aromatic rings. The highest BCUT2D eigenvalue weighted by atomic mass is 32.2. The van der Waals surface area contributed by atoms with Crippen molar-refractivity contribution < 1.29 is 13.6 Å². The Morgan fingerprint density at radius 1 is 1.20 bits per heavy atom. The molecule has 0 saturated carbocycles. The SMILES string of the molecule is Cc1ccc(C(C)C)cc2c(C=CC(C)(C)NO)cc(S(C)(=O)=O)c1-2. The van der Waals surface area contributed by atoms with E-state index in [2.05, 4.69) is 31.5 Å². The lowest BCUT2D eigenvalue weighted by molar-refractivity contribution is 0.107. The Morgan fingerprint density at radius 2 is 1.84 bits per heavy atom. The molecule has 2 aliphatic carbocycles. The predicted octanol–water partition coefficient (Wildman–Crippen LogP) is 4.40. The summed E-state index contributed by atoms with van der Waals surface area (Å²) in [7, 11) is -3.35. The van der Waals surface area contributed by atoms with Crippen LogP contribution in [0.5, 0.6) is 0 Å². The molecule has 0 spiro atoms. The maximum atomic E-state index is 12.3. The van der Waals surface area contributed by atoms with Gasteiger partial charge in [0.1, 0.15) is 0 Å². The lowest BCUT2D eigenvalue weighted by Gasteiger charge is -2.16. The van der Waals surface area contributed by atoms with E-state index in [9.17, 15) is 13.6 Å². The molecule has 0 aromatic heterocycles. The van der Waals surface area contributed by atoms with Gasteiger partial charge in [-0.3, -0.25) is 0 Å². The van der Waals surface area contributed by atoms with Crippen molar-refractivity contribution in [3.8, 4) is 11.1 Å². The zero-order valence-corrected chi connectivity index (χ0v) is 16.5. The molecular weight excluding hydrogens is 334 g/mol. The van der Waals surface area contributed by atoms with Gasteiger partial charge in [0.2, 0.25) is 0 Å². The number of rotatable bonds is 5. The highest BCUT2D eigenvalue weighted by Crippen LogP contribution is 2.39. The van der Waals surface area contributed by atoms with E-state index in [1.165, 1.54) is 6.26 Å². The number of nitrogens with one attached hydrogen (secondary N) is 1. The van der Waals surface area contributed by atoms with Gasteiger partial charge < -0.3 is 5.21 Å². The van der Waals surface area contributed by atoms with E-state index in [0.29, 0.717) is 10.8 Å². The monoisotopic (exact) mass is 361 g/mol. The van der Waals surface area contributed by atoms with Gasteiger partial charge in [0, 0.05) is 11.8 Å². The lowest BCUT2D eigenvalue weighted by atomic mass is 9.99. The number of sulfone groups is 1. The average Bonchev–Trinajstić information content (AvgIpc) is 2.78. The van der Waals surface area contributed by atoms with Crippen LogP contribution in [0.3, 0.4) is 0 Å². The van der Waals surface area contributed by atoms with E-state index in [0.717, 1.165) is 27.8 Å². The van der Waals surface area contributed by atoms with E-state index in [-0.39, 0.29) is 0 Å². The fraction of sp³-hybridized carbons (Fsp3) is 0.400. The van der Waals surface area contributed by atoms with Gasteiger partial charge in [-0.2, -0.15) is 5.48 Å². The molecule has 5 heteroatoms. The van der Waals surface area contributed by atoms with Gasteiger partial charge in [-0.05, 0) is 55.0 Å². The van der Waals surface area contributed by atoms with Crippen molar-refractivity contribution in [1.29, 1.82) is 0 Å². The van der Waals surface area contributed by atoms with Crippen molar-refractivity contribution in [3.05, 3.63) is 47.0 Å². The molecule has 0 bridgehead atoms. The standard InChI is InChI=1S/C20H27NO3S/c1-13(2)15-8-7-14(3)19-17(11-15)16(9-10-20(4,5)21-22)12-18(19)25(6,23)24/h7-13,21-22H,1-6H3. The molecule has 0 aromatic carbocycles. The second kappa shape index (κ2) is 6.90. The third-order valence-corrected chi connectivity index (χ3v) is 5.50. The van der Waals surface area contributed by atoms with Crippen molar-refractivity contribution in [3.63, 3.8) is 0 Å². The summed E-state index contributed by atoms with van der Waals surface area (Å²) in [6.07, 6.45) is 4.93. The second-order valence-corrected chi connectivity index (χ2v) is 9.49. The maximum absolute atomic E-state index is 12.3. The Kier molecular flexibility index (Phi) is 5.42. The largest absolute Gasteiger partial charge is 0.316 e. The van der Waals surface area contributed by atoms with Gasteiger partial charge in [-0.25, -0.2) is 8.42 Å². The summed E-state index contributed by atoms with van der Waals surface area (Å²) in [6, 6.07) is 7.83. The number of aryl methyl sites for hydroxylation is 1. The summed E-state index contributed by atoms with van der Waals surface area (Å²) in [4.78, 5) is 0.348. The van der Waals surface area contributed by atoms with E-state index in [1.54, 1.807) is 6.07 Å². The van der Waals surface area contributed by atoms with Crippen molar-refractivity contribution in [2.24, 2.45) is 0 Å². The van der Waals surface area contributed by atoms with Gasteiger partial charge in [0.05, 0.1) is 10.4 Å². The first-order valence-electron chi connectivity index (χ1n) is 8.34. The molecule has 25 heavy (non-hydrogen) atoms. The molecular formula is C20H27NO3S. The van der Waals surface area contributed by atoms with E-state index in [4.69, 9.17) is 0 Å². The molecule has 0 heterocycles. The van der Waals surface area contributed by atoms with Crippen LogP contribution in [-0.2, 0) is 9.84 Å². The normalized spacial score (nSPS) is 13.3. The summed E-state index contributed by atoms with van der Waals surface area (Å²) in [6.45, 7) is 9.83. The Balaban J connectivity index is 2.81. The number of hydrogen-bond donors (Lipinski definition) is 2. The zero-order valence-electron chi connectivity index (χ0n) is 15.7. The number of hydroxylamine groups is 1. The Hall–Kier alpha value is -1.69. The van der Waals surface area contributed by atoms with Crippen LogP contribution in [0.4, 0.5) is 0 Å². The molecule has 0 atom stereocenters. The van der Waals surface area contributed by atoms with Crippen LogP contribution in [0.2, 0.25) is 0 Å². The van der Waals surface area contributed by atoms with E-state index < -0.39 is 15.4 Å². The predicted molar refractivity (Wildman–Crippen MR) is 103 cm³/mol. The topological polar surface area (TPSA) is 66.4 Å². The van der Waals surface area contributed by atoms with E-state index in [1.807, 2.05) is 39.0 Å². The van der Waals surface area contributed by atoms with Gasteiger partial charge in [-0.15, -0.1) is 0 Å². The maximum Gasteiger partial charge on any atom is 0.176 e. The smallest absolute Gasteiger partial charge is 0.176 e. The molecule has 0 radical (unpaired) electrons. The first-order chi connectivity index (χ1) is 11.5. The summed E-state index contributed by atoms with van der Waals surface area (Å²) in [5, 5.41) is 9.22. The first-order valence-corrected chi connectivity index (χ1v) is 10.2. The summed E-state index contributed by atoms with van der Waals surface area (Å²) < 4.78 is 24.6. The van der Waals surface area contributed by atoms with Crippen LogP contribution >= 0.6 is 0 Å². The second-order valence-electron chi connectivity index (χ2n) is 7.51. The van der Waals surface area contributed by atoms with Crippen LogP contribution in [-0.4, -0.2) is 25.4 Å². The highest BCUT2D eigenvalue weighted by molar-refractivity contribution is 7.90. The molecule has 0 unspecified atom stereocenters. The lowest BCUT2D eigenvalue weighted by Crippen LogP contribution is -2.33. The van der Waals surface area contributed by atoms with Crippen molar-refractivity contribution in [1.82, 2.24) is 5.48 Å². The van der Waals surface area contributed by atoms with Crippen LogP contribution < -0.4 is 5.48 Å². The van der Waals surface area contributed by atoms with Crippen LogP contribution in [0.25, 0.3) is 17.2 Å². The van der Waals surface area contributed by atoms with Crippen molar-refractivity contribution in [2.75, 3.05) is 6.26 Å². The molecule has 0 aliphatic heterocycles. The Morgan fingerprint density at radius 3 is 2.36 bits per heavy atom. The molecule has 2 rings (SSSR count). The Labute approximate surface area is 150 Å². The third-order valence-electron chi connectivity index (χ3n) is 4.38. The molecule has 2 aliphatic rings. The molecule has 0 saturated heterocycles. The molecule has 136 valence electrons. The highest BCUT2D eigenvalue weighted by Gasteiger charge is 2.23. The molecule has 4 nitrogen and oxygen atoms in total. The van der Waals surface area contributed by atoms with Gasteiger partial charge in [-0.1, -0.05) is 44.2 Å². The average molecular weight is 362 g/mol. The molecule has 0 fully saturated rings. The minimum Gasteiger partial charge on any atom is -0.316 e. The first kappa shape index (κ1) is 19.6. The van der Waals surface area contributed by atoms with Crippen LogP contribution in [0.1, 0.15) is 50.3 Å². The summed E-state index contributed by atoms with van der Waals surface area (Å²) >= 11 is 0. The zero-order chi connectivity index (χ0) is 19.0. The molecule has 2 N–H and O–H groups in total. The van der Waals surface area contributed by atoms with Crippen LogP contribution in [0.15, 0.2) is 35.2 Å². The van der Waals surface area contributed by atoms with Gasteiger partial charge in [0.15, 0.2) is 9.84 Å². The van der Waals surface area contributed by atoms with E-state index >= 15 is 0 Å². The number of fused-ring (bicyclic) bond motifs is 1. The minimum atomic E-state index is -3.35. The molecule has 0 amide bonds.